The van der Waals surface area contributed by atoms with Crippen LogP contribution in [-0.2, 0) is 0 Å². The number of hydrogen-bond acceptors (Lipinski definition) is 3. The Morgan fingerprint density at radius 1 is 1.20 bits per heavy atom. The molecule has 1 fully saturated rings. The highest BCUT2D eigenvalue weighted by atomic mass is 79.9. The quantitative estimate of drug-likeness (QED) is 0.879. The minimum absolute atomic E-state index is 0.563. The molecule has 1 N–H and O–H groups in total. The Kier molecular flexibility index (Phi) is 5.73. The van der Waals surface area contributed by atoms with Crippen LogP contribution in [0.25, 0.3) is 0 Å². The fraction of sp³-hybridized carbons (Fsp3) is 0.625. The first-order valence-corrected chi connectivity index (χ1v) is 8.07. The lowest BCUT2D eigenvalue weighted by molar-refractivity contribution is 0.291. The normalized spacial score (nSPS) is 22.6. The molecule has 1 aliphatic rings. The van der Waals surface area contributed by atoms with Gasteiger partial charge in [0.25, 0.3) is 0 Å². The topological polar surface area (TPSA) is 30.5 Å². The van der Waals surface area contributed by atoms with Gasteiger partial charge in [0.15, 0.2) is 0 Å². The third-order valence-corrected chi connectivity index (χ3v) is 5.04. The van der Waals surface area contributed by atoms with Crippen molar-refractivity contribution in [3.8, 4) is 11.5 Å². The van der Waals surface area contributed by atoms with Crippen LogP contribution in [0.2, 0.25) is 0 Å². The number of nitrogens with one attached hydrogen (secondary N) is 1. The maximum absolute atomic E-state index is 5.65. The molecular weight excluding hydrogens is 318 g/mol. The van der Waals surface area contributed by atoms with E-state index in [2.05, 4.69) is 27.3 Å². The predicted octanol–water partition coefficient (Wildman–Crippen LogP) is 3.96. The van der Waals surface area contributed by atoms with Gasteiger partial charge in [-0.05, 0) is 65.8 Å². The largest absolute Gasteiger partial charge is 0.495 e. The van der Waals surface area contributed by atoms with E-state index < -0.39 is 0 Å². The zero-order chi connectivity index (χ0) is 14.5. The van der Waals surface area contributed by atoms with E-state index in [1.807, 2.05) is 13.1 Å². The summed E-state index contributed by atoms with van der Waals surface area (Å²) in [5, 5.41) is 3.33. The molecule has 0 bridgehead atoms. The molecule has 1 aromatic carbocycles. The van der Waals surface area contributed by atoms with Gasteiger partial charge in [0.2, 0.25) is 0 Å². The number of hydrogen-bond donors (Lipinski definition) is 1. The lowest BCUT2D eigenvalue weighted by Crippen LogP contribution is -2.27. The smallest absolute Gasteiger partial charge is 0.140 e. The Labute approximate surface area is 130 Å². The van der Waals surface area contributed by atoms with Gasteiger partial charge in [0, 0.05) is 0 Å². The van der Waals surface area contributed by atoms with E-state index in [1.165, 1.54) is 31.2 Å². The van der Waals surface area contributed by atoms with Crippen LogP contribution in [0.4, 0.5) is 0 Å². The highest BCUT2D eigenvalue weighted by molar-refractivity contribution is 9.10. The van der Waals surface area contributed by atoms with Crippen LogP contribution < -0.4 is 14.8 Å². The molecular formula is C16H24BrNO2. The lowest BCUT2D eigenvalue weighted by Gasteiger charge is -2.33. The van der Waals surface area contributed by atoms with Gasteiger partial charge in [-0.15, -0.1) is 0 Å². The van der Waals surface area contributed by atoms with Crippen molar-refractivity contribution in [2.24, 2.45) is 5.92 Å². The number of benzene rings is 1. The van der Waals surface area contributed by atoms with Crippen molar-refractivity contribution in [3.63, 3.8) is 0 Å². The minimum Gasteiger partial charge on any atom is -0.495 e. The van der Waals surface area contributed by atoms with Crippen molar-refractivity contribution < 1.29 is 9.47 Å². The summed E-state index contributed by atoms with van der Waals surface area (Å²) in [6.45, 7) is 1.07. The van der Waals surface area contributed by atoms with Crippen LogP contribution in [0, 0.1) is 5.92 Å². The number of rotatable bonds is 5. The molecule has 2 rings (SSSR count). The van der Waals surface area contributed by atoms with E-state index in [0.29, 0.717) is 11.8 Å². The summed E-state index contributed by atoms with van der Waals surface area (Å²) in [6, 6.07) is 4.20. The summed E-state index contributed by atoms with van der Waals surface area (Å²) < 4.78 is 11.9. The van der Waals surface area contributed by atoms with Crippen molar-refractivity contribution in [1.29, 1.82) is 0 Å². The Morgan fingerprint density at radius 2 is 1.95 bits per heavy atom. The Bertz CT molecular complexity index is 448. The molecule has 2 atom stereocenters. The van der Waals surface area contributed by atoms with Gasteiger partial charge in [-0.2, -0.15) is 0 Å². The standard InChI is InChI=1S/C16H24BrNO2/c1-18-10-11-6-4-5-7-12(11)13-8-9-14(19-2)15(17)16(13)20-3/h8-9,11-12,18H,4-7,10H2,1-3H3. The lowest BCUT2D eigenvalue weighted by atomic mass is 9.75. The predicted molar refractivity (Wildman–Crippen MR) is 85.9 cm³/mol. The highest BCUT2D eigenvalue weighted by Gasteiger charge is 2.29. The molecule has 0 saturated heterocycles. The van der Waals surface area contributed by atoms with E-state index in [0.717, 1.165) is 22.5 Å². The van der Waals surface area contributed by atoms with Crippen LogP contribution in [0.15, 0.2) is 16.6 Å². The molecule has 0 aliphatic heterocycles. The summed E-state index contributed by atoms with van der Waals surface area (Å²) in [5.74, 6) is 3.00. The van der Waals surface area contributed by atoms with Gasteiger partial charge in [-0.1, -0.05) is 18.9 Å². The molecule has 0 spiro atoms. The first kappa shape index (κ1) is 15.6. The molecule has 0 radical (unpaired) electrons. The van der Waals surface area contributed by atoms with Crippen molar-refractivity contribution in [1.82, 2.24) is 5.32 Å². The molecule has 3 nitrogen and oxygen atoms in total. The molecule has 1 aromatic rings. The molecule has 0 aromatic heterocycles. The second-order valence-corrected chi connectivity index (χ2v) is 6.21. The minimum atomic E-state index is 0.563. The fourth-order valence-corrected chi connectivity index (χ4v) is 4.02. The van der Waals surface area contributed by atoms with Crippen molar-refractivity contribution in [3.05, 3.63) is 22.2 Å². The van der Waals surface area contributed by atoms with Gasteiger partial charge in [-0.25, -0.2) is 0 Å². The van der Waals surface area contributed by atoms with Crippen LogP contribution in [0.5, 0.6) is 11.5 Å². The van der Waals surface area contributed by atoms with E-state index in [4.69, 9.17) is 9.47 Å². The number of methoxy groups -OCH3 is 2. The average molecular weight is 342 g/mol. The first-order chi connectivity index (χ1) is 9.72. The summed E-state index contributed by atoms with van der Waals surface area (Å²) >= 11 is 3.61. The van der Waals surface area contributed by atoms with Gasteiger partial charge >= 0.3 is 0 Å². The third-order valence-electron chi connectivity index (χ3n) is 4.29. The second-order valence-electron chi connectivity index (χ2n) is 5.41. The van der Waals surface area contributed by atoms with E-state index in [9.17, 15) is 0 Å². The fourth-order valence-electron chi connectivity index (χ4n) is 3.33. The van der Waals surface area contributed by atoms with E-state index in [-0.39, 0.29) is 0 Å². The second kappa shape index (κ2) is 7.32. The third kappa shape index (κ3) is 3.12. The molecule has 112 valence electrons. The van der Waals surface area contributed by atoms with Crippen molar-refractivity contribution in [2.45, 2.75) is 31.6 Å². The zero-order valence-electron chi connectivity index (χ0n) is 12.5. The Hall–Kier alpha value is -0.740. The maximum atomic E-state index is 5.65. The summed E-state index contributed by atoms with van der Waals surface area (Å²) in [7, 11) is 5.45. The van der Waals surface area contributed by atoms with Crippen LogP contribution in [-0.4, -0.2) is 27.8 Å². The van der Waals surface area contributed by atoms with Crippen LogP contribution in [0.1, 0.15) is 37.2 Å². The van der Waals surface area contributed by atoms with Crippen molar-refractivity contribution in [2.75, 3.05) is 27.8 Å². The Balaban J connectivity index is 2.37. The van der Waals surface area contributed by atoms with Crippen molar-refractivity contribution >= 4 is 15.9 Å². The van der Waals surface area contributed by atoms with Gasteiger partial charge in [0.05, 0.1) is 14.2 Å². The van der Waals surface area contributed by atoms with Gasteiger partial charge in [0.1, 0.15) is 16.0 Å². The van der Waals surface area contributed by atoms with Gasteiger partial charge in [-0.3, -0.25) is 0 Å². The maximum Gasteiger partial charge on any atom is 0.140 e. The van der Waals surface area contributed by atoms with E-state index >= 15 is 0 Å². The zero-order valence-corrected chi connectivity index (χ0v) is 14.1. The molecule has 0 heterocycles. The summed E-state index contributed by atoms with van der Waals surface area (Å²) in [5.41, 5.74) is 1.31. The molecule has 0 amide bonds. The van der Waals surface area contributed by atoms with Crippen LogP contribution in [0.3, 0.4) is 0 Å². The van der Waals surface area contributed by atoms with Gasteiger partial charge < -0.3 is 14.8 Å². The molecule has 4 heteroatoms. The summed E-state index contributed by atoms with van der Waals surface area (Å²) in [4.78, 5) is 0. The summed E-state index contributed by atoms with van der Waals surface area (Å²) in [6.07, 6.45) is 5.17. The molecule has 1 aliphatic carbocycles. The number of ether oxygens (including phenoxy) is 2. The average Bonchev–Trinajstić information content (AvgIpc) is 2.48. The monoisotopic (exact) mass is 341 g/mol. The van der Waals surface area contributed by atoms with Crippen LogP contribution >= 0.6 is 15.9 Å². The van der Waals surface area contributed by atoms with E-state index in [1.54, 1.807) is 14.2 Å². The SMILES string of the molecule is CNCC1CCCCC1c1ccc(OC)c(Br)c1OC. The molecule has 2 unspecified atom stereocenters. The first-order valence-electron chi connectivity index (χ1n) is 7.27. The number of halogens is 1. The molecule has 1 saturated carbocycles. The molecule has 20 heavy (non-hydrogen) atoms. The highest BCUT2D eigenvalue weighted by Crippen LogP contribution is 2.46. The Morgan fingerprint density at radius 3 is 2.60 bits per heavy atom.